The average molecular weight is 434 g/mol. The number of Topliss-reactive ketones (excluding diaryl/α,β-unsaturated/α-hetero) is 1. The Kier molecular flexibility index (Phi) is 4.94. The van der Waals surface area contributed by atoms with Crippen LogP contribution in [0.3, 0.4) is 0 Å². The SMILES string of the molecule is O=C1CN(c2ccc([N+](=O)[O-])cc2)Cc2cc(F)c(OS(=O)(=O)C(F)(F)F)cc21. The van der Waals surface area contributed by atoms with Crippen molar-refractivity contribution in [2.75, 3.05) is 11.4 Å². The van der Waals surface area contributed by atoms with Gasteiger partial charge in [0.2, 0.25) is 0 Å². The van der Waals surface area contributed by atoms with Gasteiger partial charge in [0.05, 0.1) is 11.5 Å². The van der Waals surface area contributed by atoms with Gasteiger partial charge < -0.3 is 9.08 Å². The number of nitro benzene ring substituents is 1. The lowest BCUT2D eigenvalue weighted by molar-refractivity contribution is -0.384. The second kappa shape index (κ2) is 6.99. The molecule has 29 heavy (non-hydrogen) atoms. The third kappa shape index (κ3) is 3.99. The molecule has 3 rings (SSSR count). The molecule has 1 aliphatic heterocycles. The van der Waals surface area contributed by atoms with Crippen LogP contribution in [0.25, 0.3) is 0 Å². The van der Waals surface area contributed by atoms with Gasteiger partial charge in [-0.05, 0) is 29.8 Å². The van der Waals surface area contributed by atoms with Gasteiger partial charge in [-0.1, -0.05) is 0 Å². The van der Waals surface area contributed by atoms with E-state index in [0.717, 1.165) is 0 Å². The molecule has 2 aromatic carbocycles. The summed E-state index contributed by atoms with van der Waals surface area (Å²) >= 11 is 0. The van der Waals surface area contributed by atoms with Crippen LogP contribution in [0, 0.1) is 15.9 Å². The van der Waals surface area contributed by atoms with E-state index in [0.29, 0.717) is 17.8 Å². The van der Waals surface area contributed by atoms with Gasteiger partial charge in [-0.15, -0.1) is 0 Å². The zero-order chi connectivity index (χ0) is 21.6. The molecule has 2 aromatic rings. The number of fused-ring (bicyclic) bond motifs is 1. The van der Waals surface area contributed by atoms with Crippen molar-refractivity contribution in [3.63, 3.8) is 0 Å². The van der Waals surface area contributed by atoms with Crippen LogP contribution in [0.4, 0.5) is 28.9 Å². The molecule has 0 radical (unpaired) electrons. The predicted octanol–water partition coefficient (Wildman–Crippen LogP) is 3.17. The van der Waals surface area contributed by atoms with Gasteiger partial charge in [-0.2, -0.15) is 21.6 Å². The molecule has 13 heteroatoms. The number of carbonyl (C=O) groups is 1. The summed E-state index contributed by atoms with van der Waals surface area (Å²) in [5.74, 6) is -3.26. The Morgan fingerprint density at radius 3 is 2.28 bits per heavy atom. The number of ketones is 1. The van der Waals surface area contributed by atoms with Crippen LogP contribution in [0.2, 0.25) is 0 Å². The number of nitrogens with zero attached hydrogens (tertiary/aromatic N) is 2. The predicted molar refractivity (Wildman–Crippen MR) is 90.5 cm³/mol. The lowest BCUT2D eigenvalue weighted by atomic mass is 9.97. The molecule has 0 fully saturated rings. The summed E-state index contributed by atoms with van der Waals surface area (Å²) in [5, 5.41) is 10.7. The molecule has 154 valence electrons. The van der Waals surface area contributed by atoms with E-state index in [1.165, 1.54) is 29.2 Å². The zero-order valence-corrected chi connectivity index (χ0v) is 15.0. The van der Waals surface area contributed by atoms with Crippen LogP contribution in [0.1, 0.15) is 15.9 Å². The molecule has 1 aliphatic rings. The van der Waals surface area contributed by atoms with E-state index in [9.17, 15) is 40.9 Å². The van der Waals surface area contributed by atoms with Crippen molar-refractivity contribution in [3.8, 4) is 5.75 Å². The Hall–Kier alpha value is -3.22. The topological polar surface area (TPSA) is 107 Å². The Morgan fingerprint density at radius 2 is 1.72 bits per heavy atom. The maximum absolute atomic E-state index is 14.1. The Balaban J connectivity index is 1.91. The molecule has 0 N–H and O–H groups in total. The standard InChI is InChI=1S/C16H10F4N2O6S/c17-13-5-9-7-21(10-1-3-11(4-2-10)22(24)25)8-14(23)12(9)6-15(13)28-29(26,27)16(18,19)20/h1-6H,7-8H2. The van der Waals surface area contributed by atoms with Gasteiger partial charge in [-0.3, -0.25) is 14.9 Å². The van der Waals surface area contributed by atoms with Gasteiger partial charge in [-0.25, -0.2) is 4.39 Å². The van der Waals surface area contributed by atoms with E-state index in [1.807, 2.05) is 0 Å². The van der Waals surface area contributed by atoms with Gasteiger partial charge in [0.1, 0.15) is 0 Å². The van der Waals surface area contributed by atoms with Crippen molar-refractivity contribution in [1.82, 2.24) is 0 Å². The van der Waals surface area contributed by atoms with Gasteiger partial charge in [0.15, 0.2) is 17.3 Å². The molecule has 0 aliphatic carbocycles. The van der Waals surface area contributed by atoms with Gasteiger partial charge >= 0.3 is 15.6 Å². The fourth-order valence-corrected chi connectivity index (χ4v) is 3.16. The number of hydrogen-bond acceptors (Lipinski definition) is 7. The second-order valence-electron chi connectivity index (χ2n) is 5.98. The highest BCUT2D eigenvalue weighted by Gasteiger charge is 2.49. The van der Waals surface area contributed by atoms with Crippen LogP contribution in [0.15, 0.2) is 36.4 Å². The van der Waals surface area contributed by atoms with E-state index < -0.39 is 37.9 Å². The first-order valence-corrected chi connectivity index (χ1v) is 9.15. The molecule has 8 nitrogen and oxygen atoms in total. The van der Waals surface area contributed by atoms with Crippen LogP contribution >= 0.6 is 0 Å². The smallest absolute Gasteiger partial charge is 0.373 e. The summed E-state index contributed by atoms with van der Waals surface area (Å²) in [7, 11) is -6.10. The van der Waals surface area contributed by atoms with E-state index >= 15 is 0 Å². The van der Waals surface area contributed by atoms with Crippen molar-refractivity contribution in [2.45, 2.75) is 12.1 Å². The largest absolute Gasteiger partial charge is 0.534 e. The molecule has 1 heterocycles. The molecule has 0 bridgehead atoms. The molecule has 0 aromatic heterocycles. The number of alkyl halides is 3. The summed E-state index contributed by atoms with van der Waals surface area (Å²) in [4.78, 5) is 23.9. The van der Waals surface area contributed by atoms with E-state index in [1.54, 1.807) is 0 Å². The maximum atomic E-state index is 14.1. The van der Waals surface area contributed by atoms with Crippen molar-refractivity contribution < 1.29 is 39.9 Å². The monoisotopic (exact) mass is 434 g/mol. The number of non-ortho nitro benzene ring substituents is 1. The van der Waals surface area contributed by atoms with Gasteiger partial charge in [0, 0.05) is 29.9 Å². The Labute approximate surface area is 160 Å². The number of rotatable bonds is 4. The Morgan fingerprint density at radius 1 is 1.10 bits per heavy atom. The summed E-state index contributed by atoms with van der Waals surface area (Å²) in [6, 6.07) is 6.54. The quantitative estimate of drug-likeness (QED) is 0.239. The number of carbonyl (C=O) groups excluding carboxylic acids is 1. The fraction of sp³-hybridized carbons (Fsp3) is 0.188. The number of halogens is 4. The Bertz CT molecular complexity index is 1100. The summed E-state index contributed by atoms with van der Waals surface area (Å²) < 4.78 is 77.4. The fourth-order valence-electron chi connectivity index (χ4n) is 2.70. The molecular formula is C16H10F4N2O6S. The zero-order valence-electron chi connectivity index (χ0n) is 14.1. The summed E-state index contributed by atoms with van der Waals surface area (Å²) in [6.07, 6.45) is 0. The lowest BCUT2D eigenvalue weighted by Gasteiger charge is -2.30. The normalized spacial score (nSPS) is 14.5. The van der Waals surface area contributed by atoms with Crippen LogP contribution in [0.5, 0.6) is 5.75 Å². The summed E-state index contributed by atoms with van der Waals surface area (Å²) in [6.45, 7) is -0.302. The van der Waals surface area contributed by atoms with Crippen molar-refractivity contribution >= 4 is 27.3 Å². The minimum absolute atomic E-state index is 0.0396. The van der Waals surface area contributed by atoms with Gasteiger partial charge in [0.25, 0.3) is 5.69 Å². The summed E-state index contributed by atoms with van der Waals surface area (Å²) in [5.41, 5.74) is -5.59. The highest BCUT2D eigenvalue weighted by atomic mass is 32.2. The first-order chi connectivity index (χ1) is 13.4. The molecule has 0 atom stereocenters. The van der Waals surface area contributed by atoms with Crippen LogP contribution < -0.4 is 9.08 Å². The van der Waals surface area contributed by atoms with Crippen molar-refractivity contribution in [3.05, 3.63) is 63.5 Å². The highest BCUT2D eigenvalue weighted by Crippen LogP contribution is 2.33. The first kappa shape index (κ1) is 20.5. The molecule has 0 amide bonds. The molecule has 0 saturated carbocycles. The number of benzene rings is 2. The molecular weight excluding hydrogens is 424 g/mol. The van der Waals surface area contributed by atoms with E-state index in [2.05, 4.69) is 4.18 Å². The van der Waals surface area contributed by atoms with E-state index in [4.69, 9.17) is 0 Å². The maximum Gasteiger partial charge on any atom is 0.534 e. The third-order valence-electron chi connectivity index (χ3n) is 4.06. The minimum atomic E-state index is -6.10. The molecule has 0 saturated heterocycles. The number of anilines is 1. The first-order valence-electron chi connectivity index (χ1n) is 7.75. The third-order valence-corrected chi connectivity index (χ3v) is 5.03. The number of hydrogen-bond donors (Lipinski definition) is 0. The molecule has 0 unspecified atom stereocenters. The van der Waals surface area contributed by atoms with Crippen LogP contribution in [-0.4, -0.2) is 31.2 Å². The molecule has 0 spiro atoms. The van der Waals surface area contributed by atoms with Crippen molar-refractivity contribution in [1.29, 1.82) is 0 Å². The second-order valence-corrected chi connectivity index (χ2v) is 7.51. The lowest BCUT2D eigenvalue weighted by Crippen LogP contribution is -2.35. The minimum Gasteiger partial charge on any atom is -0.373 e. The number of nitro groups is 1. The highest BCUT2D eigenvalue weighted by molar-refractivity contribution is 7.88. The van der Waals surface area contributed by atoms with E-state index in [-0.39, 0.29) is 29.9 Å². The van der Waals surface area contributed by atoms with Crippen LogP contribution in [-0.2, 0) is 16.7 Å². The van der Waals surface area contributed by atoms with Crippen molar-refractivity contribution in [2.24, 2.45) is 0 Å². The average Bonchev–Trinajstić information content (AvgIpc) is 2.61.